The maximum Gasteiger partial charge on any atom is 0.170 e. The van der Waals surface area contributed by atoms with Gasteiger partial charge in [0.2, 0.25) is 0 Å². The Bertz CT molecular complexity index is 797. The van der Waals surface area contributed by atoms with Crippen molar-refractivity contribution in [2.75, 3.05) is 27.3 Å². The highest BCUT2D eigenvalue weighted by Gasteiger charge is 2.29. The summed E-state index contributed by atoms with van der Waals surface area (Å²) >= 11 is 0. The van der Waals surface area contributed by atoms with E-state index in [1.807, 2.05) is 0 Å². The van der Waals surface area contributed by atoms with Gasteiger partial charge < -0.3 is 14.2 Å². The number of fused-ring (bicyclic) bond motifs is 1. The molecule has 144 valence electrons. The Morgan fingerprint density at radius 1 is 1.04 bits per heavy atom. The molecule has 2 aromatic carbocycles. The van der Waals surface area contributed by atoms with Crippen LogP contribution in [0, 0.1) is 0 Å². The summed E-state index contributed by atoms with van der Waals surface area (Å²) in [5.41, 5.74) is 2.81. The van der Waals surface area contributed by atoms with Gasteiger partial charge in [0.15, 0.2) is 17.3 Å². The Kier molecular flexibility index (Phi) is 6.01. The number of rotatable bonds is 7. The minimum Gasteiger partial charge on any atom is -0.493 e. The van der Waals surface area contributed by atoms with Gasteiger partial charge in [-0.05, 0) is 30.3 Å². The van der Waals surface area contributed by atoms with Crippen molar-refractivity contribution in [3.63, 3.8) is 0 Å². The number of Topliss-reactive ketones (excluding diaryl/α,β-unsaturated/α-hetero) is 1. The lowest BCUT2D eigenvalue weighted by molar-refractivity contribution is 0.0848. The van der Waals surface area contributed by atoms with E-state index in [-0.39, 0.29) is 11.9 Å². The molecule has 27 heavy (non-hydrogen) atoms. The molecule has 5 nitrogen and oxygen atoms in total. The van der Waals surface area contributed by atoms with Gasteiger partial charge in [-0.3, -0.25) is 9.69 Å². The van der Waals surface area contributed by atoms with Crippen LogP contribution in [-0.4, -0.2) is 38.0 Å². The third-order valence-corrected chi connectivity index (χ3v) is 5.08. The second-order valence-electron chi connectivity index (χ2n) is 6.64. The predicted molar refractivity (Wildman–Crippen MR) is 105 cm³/mol. The minimum absolute atomic E-state index is 0.0504. The Labute approximate surface area is 160 Å². The second-order valence-corrected chi connectivity index (χ2v) is 6.64. The van der Waals surface area contributed by atoms with Crippen LogP contribution in [0.2, 0.25) is 0 Å². The van der Waals surface area contributed by atoms with Crippen molar-refractivity contribution >= 4 is 5.78 Å². The van der Waals surface area contributed by atoms with E-state index in [1.54, 1.807) is 26.4 Å². The molecular weight excluding hydrogens is 342 g/mol. The van der Waals surface area contributed by atoms with Gasteiger partial charge in [0.25, 0.3) is 0 Å². The summed E-state index contributed by atoms with van der Waals surface area (Å²) in [6, 6.07) is 11.8. The first-order valence-corrected chi connectivity index (χ1v) is 9.36. The molecule has 0 saturated heterocycles. The number of benzene rings is 2. The van der Waals surface area contributed by atoms with Crippen molar-refractivity contribution in [2.24, 2.45) is 0 Å². The smallest absolute Gasteiger partial charge is 0.170 e. The minimum atomic E-state index is -0.286. The summed E-state index contributed by atoms with van der Waals surface area (Å²) in [7, 11) is 3.13. The average Bonchev–Trinajstić information content (AvgIpc) is 2.71. The summed E-state index contributed by atoms with van der Waals surface area (Å²) in [5, 5.41) is 0. The standard InChI is InChI=1S/C22H27NO4/c1-5-23(6-2)14-15-7-9-16(10-8-15)19-12-18(24)17-11-21(25-3)22(26-4)13-20(17)27-19/h7-11,13,19H,5-6,12,14H2,1-4H3. The monoisotopic (exact) mass is 369 g/mol. The fourth-order valence-electron chi connectivity index (χ4n) is 3.38. The molecule has 5 heteroatoms. The molecule has 0 amide bonds. The lowest BCUT2D eigenvalue weighted by atomic mass is 9.95. The first-order chi connectivity index (χ1) is 13.1. The number of ether oxygens (including phenoxy) is 3. The zero-order valence-electron chi connectivity index (χ0n) is 16.5. The van der Waals surface area contributed by atoms with Gasteiger partial charge in [0.05, 0.1) is 26.2 Å². The van der Waals surface area contributed by atoms with E-state index >= 15 is 0 Å². The van der Waals surface area contributed by atoms with Gasteiger partial charge in [-0.2, -0.15) is 0 Å². The van der Waals surface area contributed by atoms with Gasteiger partial charge in [0, 0.05) is 12.6 Å². The lowest BCUT2D eigenvalue weighted by Crippen LogP contribution is -2.22. The summed E-state index contributed by atoms with van der Waals surface area (Å²) in [4.78, 5) is 15.0. The summed E-state index contributed by atoms with van der Waals surface area (Å²) < 4.78 is 16.7. The number of hydrogen-bond acceptors (Lipinski definition) is 5. The molecule has 0 radical (unpaired) electrons. The Balaban J connectivity index is 1.81. The fraction of sp³-hybridized carbons (Fsp3) is 0.409. The highest BCUT2D eigenvalue weighted by Crippen LogP contribution is 2.41. The molecule has 0 spiro atoms. The molecule has 1 aliphatic rings. The molecule has 0 aliphatic carbocycles. The van der Waals surface area contributed by atoms with Crippen molar-refractivity contribution in [1.29, 1.82) is 0 Å². The van der Waals surface area contributed by atoms with E-state index in [0.717, 1.165) is 25.2 Å². The largest absolute Gasteiger partial charge is 0.493 e. The fourth-order valence-corrected chi connectivity index (χ4v) is 3.38. The third kappa shape index (κ3) is 4.08. The first kappa shape index (κ1) is 19.2. The van der Waals surface area contributed by atoms with Crippen LogP contribution in [0.5, 0.6) is 17.2 Å². The van der Waals surface area contributed by atoms with Crippen molar-refractivity contribution in [3.05, 3.63) is 53.1 Å². The lowest BCUT2D eigenvalue weighted by Gasteiger charge is -2.27. The number of hydrogen-bond donors (Lipinski definition) is 0. The maximum absolute atomic E-state index is 12.6. The van der Waals surface area contributed by atoms with Crippen LogP contribution in [0.25, 0.3) is 0 Å². The predicted octanol–water partition coefficient (Wildman–Crippen LogP) is 4.25. The molecule has 0 saturated carbocycles. The van der Waals surface area contributed by atoms with E-state index in [1.165, 1.54) is 5.56 Å². The van der Waals surface area contributed by atoms with E-state index in [9.17, 15) is 4.79 Å². The molecule has 2 aromatic rings. The van der Waals surface area contributed by atoms with Crippen LogP contribution < -0.4 is 14.2 Å². The number of ketones is 1. The van der Waals surface area contributed by atoms with Gasteiger partial charge >= 0.3 is 0 Å². The second kappa shape index (κ2) is 8.44. The highest BCUT2D eigenvalue weighted by molar-refractivity contribution is 6.00. The van der Waals surface area contributed by atoms with Crippen molar-refractivity contribution in [1.82, 2.24) is 4.90 Å². The molecular formula is C22H27NO4. The summed E-state index contributed by atoms with van der Waals surface area (Å²) in [6.07, 6.45) is 0.0309. The van der Waals surface area contributed by atoms with E-state index < -0.39 is 0 Å². The molecule has 3 rings (SSSR count). The summed E-state index contributed by atoms with van der Waals surface area (Å²) in [5.74, 6) is 1.68. The molecule has 1 atom stereocenters. The van der Waals surface area contributed by atoms with Gasteiger partial charge in [-0.25, -0.2) is 0 Å². The van der Waals surface area contributed by atoms with Crippen LogP contribution in [0.3, 0.4) is 0 Å². The molecule has 1 aliphatic heterocycles. The number of methoxy groups -OCH3 is 2. The van der Waals surface area contributed by atoms with Crippen LogP contribution in [-0.2, 0) is 6.54 Å². The molecule has 1 heterocycles. The quantitative estimate of drug-likeness (QED) is 0.730. The van der Waals surface area contributed by atoms with E-state index in [4.69, 9.17) is 14.2 Å². The first-order valence-electron chi connectivity index (χ1n) is 9.36. The normalized spacial score (nSPS) is 16.0. The molecule has 0 fully saturated rings. The average molecular weight is 369 g/mol. The summed E-state index contributed by atoms with van der Waals surface area (Å²) in [6.45, 7) is 7.32. The van der Waals surface area contributed by atoms with Crippen molar-refractivity contribution in [2.45, 2.75) is 32.9 Å². The van der Waals surface area contributed by atoms with Crippen molar-refractivity contribution in [3.8, 4) is 17.2 Å². The van der Waals surface area contributed by atoms with Crippen LogP contribution >= 0.6 is 0 Å². The molecule has 0 bridgehead atoms. The number of nitrogens with zero attached hydrogens (tertiary/aromatic N) is 1. The van der Waals surface area contributed by atoms with Gasteiger partial charge in [0.1, 0.15) is 11.9 Å². The van der Waals surface area contributed by atoms with E-state index in [2.05, 4.69) is 43.0 Å². The molecule has 0 aromatic heterocycles. The number of carbonyl (C=O) groups is 1. The van der Waals surface area contributed by atoms with Gasteiger partial charge in [-0.15, -0.1) is 0 Å². The maximum atomic E-state index is 12.6. The zero-order chi connectivity index (χ0) is 19.4. The SMILES string of the molecule is CCN(CC)Cc1ccc(C2CC(=O)c3cc(OC)c(OC)cc3O2)cc1. The van der Waals surface area contributed by atoms with Crippen LogP contribution in [0.4, 0.5) is 0 Å². The van der Waals surface area contributed by atoms with Crippen molar-refractivity contribution < 1.29 is 19.0 Å². The van der Waals surface area contributed by atoms with Gasteiger partial charge in [-0.1, -0.05) is 38.1 Å². The Morgan fingerprint density at radius 3 is 2.26 bits per heavy atom. The molecule has 1 unspecified atom stereocenters. The zero-order valence-corrected chi connectivity index (χ0v) is 16.5. The Hall–Kier alpha value is -2.53. The third-order valence-electron chi connectivity index (χ3n) is 5.08. The van der Waals surface area contributed by atoms with Crippen LogP contribution in [0.1, 0.15) is 47.9 Å². The highest BCUT2D eigenvalue weighted by atomic mass is 16.5. The molecule has 0 N–H and O–H groups in total. The van der Waals surface area contributed by atoms with E-state index in [0.29, 0.717) is 29.2 Å². The van der Waals surface area contributed by atoms with Crippen LogP contribution in [0.15, 0.2) is 36.4 Å². The Morgan fingerprint density at radius 2 is 1.67 bits per heavy atom. The topological polar surface area (TPSA) is 48.0 Å². The number of carbonyl (C=O) groups excluding carboxylic acids is 1.